The van der Waals surface area contributed by atoms with Gasteiger partial charge in [0.25, 0.3) is 0 Å². The number of hydrogen-bond donors (Lipinski definition) is 1. The molecule has 174 valence electrons. The van der Waals surface area contributed by atoms with Crippen molar-refractivity contribution in [2.24, 2.45) is 0 Å². The van der Waals surface area contributed by atoms with Crippen molar-refractivity contribution in [2.45, 2.75) is 26.8 Å². The number of nitrogens with one attached hydrogen (secondary N) is 1. The predicted octanol–water partition coefficient (Wildman–Crippen LogP) is 5.40. The van der Waals surface area contributed by atoms with Crippen LogP contribution in [0.4, 0.5) is 10.8 Å². The summed E-state index contributed by atoms with van der Waals surface area (Å²) in [4.78, 5) is 19.7. The van der Waals surface area contributed by atoms with Gasteiger partial charge in [0.05, 0.1) is 13.7 Å². The lowest BCUT2D eigenvalue weighted by Crippen LogP contribution is -2.33. The van der Waals surface area contributed by atoms with E-state index in [2.05, 4.69) is 16.6 Å². The summed E-state index contributed by atoms with van der Waals surface area (Å²) in [5, 5.41) is 3.74. The van der Waals surface area contributed by atoms with E-state index in [4.69, 9.17) is 9.72 Å². The first-order chi connectivity index (χ1) is 16.5. The molecule has 1 heterocycles. The Morgan fingerprint density at radius 2 is 1.76 bits per heavy atom. The third kappa shape index (κ3) is 6.20. The van der Waals surface area contributed by atoms with Crippen molar-refractivity contribution in [2.75, 3.05) is 23.9 Å². The molecule has 0 spiro atoms. The lowest BCUT2D eigenvalue weighted by atomic mass is 10.1. The Hall–Kier alpha value is -3.71. The van der Waals surface area contributed by atoms with Crippen LogP contribution >= 0.6 is 11.5 Å². The van der Waals surface area contributed by atoms with Crippen LogP contribution in [0.15, 0.2) is 72.8 Å². The number of nitrogens with zero attached hydrogens (tertiary/aromatic N) is 3. The smallest absolute Gasteiger partial charge is 0.243 e. The van der Waals surface area contributed by atoms with Crippen molar-refractivity contribution in [3.05, 3.63) is 101 Å². The van der Waals surface area contributed by atoms with Crippen LogP contribution in [-0.2, 0) is 17.8 Å². The minimum atomic E-state index is -0.0938. The zero-order valence-electron chi connectivity index (χ0n) is 19.6. The second-order valence-corrected chi connectivity index (χ2v) is 8.94. The highest BCUT2D eigenvalue weighted by atomic mass is 32.1. The Morgan fingerprint density at radius 3 is 2.53 bits per heavy atom. The summed E-state index contributed by atoms with van der Waals surface area (Å²) < 4.78 is 9.88. The molecule has 3 aromatic carbocycles. The molecular weight excluding hydrogens is 444 g/mol. The molecule has 0 aliphatic rings. The molecule has 0 atom stereocenters. The van der Waals surface area contributed by atoms with Gasteiger partial charge in [0.1, 0.15) is 11.6 Å². The summed E-state index contributed by atoms with van der Waals surface area (Å²) in [7, 11) is 1.66. The number of ether oxygens (including phenoxy) is 1. The van der Waals surface area contributed by atoms with Gasteiger partial charge in [0, 0.05) is 30.2 Å². The molecule has 0 saturated carbocycles. The molecule has 7 heteroatoms. The van der Waals surface area contributed by atoms with Crippen LogP contribution in [0.1, 0.15) is 28.1 Å². The number of amides is 1. The first-order valence-corrected chi connectivity index (χ1v) is 11.9. The molecule has 1 aromatic heterocycles. The fraction of sp³-hybridized carbons (Fsp3) is 0.222. The van der Waals surface area contributed by atoms with E-state index in [0.717, 1.165) is 39.1 Å². The summed E-state index contributed by atoms with van der Waals surface area (Å²) in [5.74, 6) is 1.44. The van der Waals surface area contributed by atoms with Crippen molar-refractivity contribution in [1.82, 2.24) is 9.36 Å². The summed E-state index contributed by atoms with van der Waals surface area (Å²) >= 11 is 1.31. The van der Waals surface area contributed by atoms with Gasteiger partial charge in [-0.3, -0.25) is 4.79 Å². The van der Waals surface area contributed by atoms with Crippen LogP contribution in [0.2, 0.25) is 0 Å². The van der Waals surface area contributed by atoms with Crippen LogP contribution in [0.3, 0.4) is 0 Å². The van der Waals surface area contributed by atoms with Crippen molar-refractivity contribution < 1.29 is 9.53 Å². The van der Waals surface area contributed by atoms with Crippen molar-refractivity contribution in [1.29, 1.82) is 0 Å². The molecule has 0 unspecified atom stereocenters. The minimum Gasteiger partial charge on any atom is -0.497 e. The van der Waals surface area contributed by atoms with Gasteiger partial charge in [0.2, 0.25) is 11.0 Å². The van der Waals surface area contributed by atoms with E-state index in [1.165, 1.54) is 17.1 Å². The van der Waals surface area contributed by atoms with Gasteiger partial charge in [-0.15, -0.1) is 0 Å². The summed E-state index contributed by atoms with van der Waals surface area (Å²) in [6, 6.07) is 23.9. The first-order valence-electron chi connectivity index (χ1n) is 11.1. The molecule has 4 rings (SSSR count). The van der Waals surface area contributed by atoms with Gasteiger partial charge in [-0.05, 0) is 60.4 Å². The van der Waals surface area contributed by atoms with Crippen LogP contribution in [-0.4, -0.2) is 28.9 Å². The molecule has 0 aliphatic heterocycles. The molecule has 0 bridgehead atoms. The normalized spacial score (nSPS) is 10.7. The summed E-state index contributed by atoms with van der Waals surface area (Å²) in [6.45, 7) is 4.84. The van der Waals surface area contributed by atoms with Gasteiger partial charge in [0.15, 0.2) is 0 Å². The maximum atomic E-state index is 12.9. The van der Waals surface area contributed by atoms with E-state index in [-0.39, 0.29) is 12.5 Å². The van der Waals surface area contributed by atoms with Crippen molar-refractivity contribution in [3.8, 4) is 5.75 Å². The number of anilines is 2. The monoisotopic (exact) mass is 472 g/mol. The molecule has 6 nitrogen and oxygen atoms in total. The first kappa shape index (κ1) is 23.4. The largest absolute Gasteiger partial charge is 0.497 e. The zero-order chi connectivity index (χ0) is 23.9. The third-order valence-corrected chi connectivity index (χ3v) is 6.38. The van der Waals surface area contributed by atoms with Crippen molar-refractivity contribution >= 4 is 28.3 Å². The molecule has 4 aromatic rings. The van der Waals surface area contributed by atoms with E-state index < -0.39 is 0 Å². The average molecular weight is 473 g/mol. The SMILES string of the molecule is COc1cccc(Cc2nsc(N(CC(=O)Nc3ccc(C)c(C)c3)Cc3ccccc3)n2)c1. The highest BCUT2D eigenvalue weighted by Crippen LogP contribution is 2.23. The molecule has 0 fully saturated rings. The van der Waals surface area contributed by atoms with Crippen LogP contribution in [0.5, 0.6) is 5.75 Å². The van der Waals surface area contributed by atoms with Gasteiger partial charge in [-0.2, -0.15) is 4.37 Å². The second kappa shape index (κ2) is 10.9. The summed E-state index contributed by atoms with van der Waals surface area (Å²) in [6.07, 6.45) is 0.599. The van der Waals surface area contributed by atoms with E-state index in [1.807, 2.05) is 84.6 Å². The maximum Gasteiger partial charge on any atom is 0.243 e. The Bertz CT molecular complexity index is 1260. The third-order valence-electron chi connectivity index (χ3n) is 5.57. The molecule has 0 aliphatic carbocycles. The molecule has 34 heavy (non-hydrogen) atoms. The number of rotatable bonds is 9. The lowest BCUT2D eigenvalue weighted by molar-refractivity contribution is -0.115. The van der Waals surface area contributed by atoms with Gasteiger partial charge in [-0.1, -0.05) is 48.5 Å². The highest BCUT2D eigenvalue weighted by molar-refractivity contribution is 7.09. The van der Waals surface area contributed by atoms with Crippen LogP contribution in [0.25, 0.3) is 0 Å². The van der Waals surface area contributed by atoms with E-state index >= 15 is 0 Å². The lowest BCUT2D eigenvalue weighted by Gasteiger charge is -2.21. The Kier molecular flexibility index (Phi) is 7.54. The van der Waals surface area contributed by atoms with Gasteiger partial charge in [-0.25, -0.2) is 4.98 Å². The van der Waals surface area contributed by atoms with Gasteiger partial charge >= 0.3 is 0 Å². The zero-order valence-corrected chi connectivity index (χ0v) is 20.4. The maximum absolute atomic E-state index is 12.9. The molecule has 0 radical (unpaired) electrons. The number of methoxy groups -OCH3 is 1. The fourth-order valence-electron chi connectivity index (χ4n) is 3.60. The van der Waals surface area contributed by atoms with Crippen LogP contribution in [0, 0.1) is 13.8 Å². The Balaban J connectivity index is 1.51. The van der Waals surface area contributed by atoms with Gasteiger partial charge < -0.3 is 15.0 Å². The predicted molar refractivity (Wildman–Crippen MR) is 138 cm³/mol. The summed E-state index contributed by atoms with van der Waals surface area (Å²) in [5.41, 5.74) is 5.31. The average Bonchev–Trinajstić information content (AvgIpc) is 3.30. The topological polar surface area (TPSA) is 67.3 Å². The number of benzene rings is 3. The second-order valence-electron chi connectivity index (χ2n) is 8.21. The van der Waals surface area contributed by atoms with Crippen LogP contribution < -0.4 is 15.0 Å². The number of aryl methyl sites for hydroxylation is 2. The number of hydrogen-bond acceptors (Lipinski definition) is 6. The fourth-order valence-corrected chi connectivity index (χ4v) is 4.28. The molecular formula is C27H28N4O2S. The Labute approximate surface area is 204 Å². The molecule has 1 amide bonds. The molecule has 1 N–H and O–H groups in total. The number of aromatic nitrogens is 2. The van der Waals surface area contributed by atoms with E-state index in [9.17, 15) is 4.79 Å². The van der Waals surface area contributed by atoms with Crippen molar-refractivity contribution in [3.63, 3.8) is 0 Å². The highest BCUT2D eigenvalue weighted by Gasteiger charge is 2.17. The standard InChI is InChI=1S/C27H28N4O2S/c1-19-12-13-23(14-20(19)2)28-26(32)18-31(17-21-8-5-4-6-9-21)27-29-25(30-34-27)16-22-10-7-11-24(15-22)33-3/h4-15H,16-18H2,1-3H3,(H,28,32). The Morgan fingerprint density at radius 1 is 0.971 bits per heavy atom. The number of carbonyl (C=O) groups excluding carboxylic acids is 1. The quantitative estimate of drug-likeness (QED) is 0.353. The molecule has 0 saturated heterocycles. The minimum absolute atomic E-state index is 0.0938. The van der Waals surface area contributed by atoms with E-state index in [0.29, 0.717) is 13.0 Å². The van der Waals surface area contributed by atoms with E-state index in [1.54, 1.807) is 7.11 Å². The number of carbonyl (C=O) groups is 1.